The lowest BCUT2D eigenvalue weighted by molar-refractivity contribution is 0.176. The molecule has 5 nitrogen and oxygen atoms in total. The molecule has 0 bridgehead atoms. The molecule has 6 heteroatoms. The van der Waals surface area contributed by atoms with Crippen molar-refractivity contribution in [1.29, 1.82) is 0 Å². The van der Waals surface area contributed by atoms with Gasteiger partial charge in [-0.15, -0.1) is 0 Å². The molecule has 0 amide bonds. The predicted molar refractivity (Wildman–Crippen MR) is 121 cm³/mol. The number of benzene rings is 1. The summed E-state index contributed by atoms with van der Waals surface area (Å²) < 4.78 is 2.07. The van der Waals surface area contributed by atoms with Gasteiger partial charge < -0.3 is 10.2 Å². The third-order valence-electron chi connectivity index (χ3n) is 5.90. The molecule has 1 aliphatic rings. The third-order valence-corrected chi connectivity index (χ3v) is 6.26. The number of nitrogens with one attached hydrogen (secondary N) is 1. The fraction of sp³-hybridized carbons (Fsp3) is 0.545. The van der Waals surface area contributed by atoms with Gasteiger partial charge in [-0.2, -0.15) is 5.10 Å². The molecule has 1 aromatic carbocycles. The summed E-state index contributed by atoms with van der Waals surface area (Å²) in [5.41, 5.74) is 5.07. The van der Waals surface area contributed by atoms with Gasteiger partial charge in [0, 0.05) is 56.2 Å². The van der Waals surface area contributed by atoms with Crippen molar-refractivity contribution in [2.24, 2.45) is 0 Å². The normalized spacial score (nSPS) is 16.2. The first-order valence-corrected chi connectivity index (χ1v) is 10.8. The van der Waals surface area contributed by atoms with Crippen LogP contribution in [0, 0.1) is 6.92 Å². The highest BCUT2D eigenvalue weighted by molar-refractivity contribution is 7.80. The third kappa shape index (κ3) is 4.92. The van der Waals surface area contributed by atoms with Gasteiger partial charge in [-0.05, 0) is 56.1 Å². The summed E-state index contributed by atoms with van der Waals surface area (Å²) in [5, 5.41) is 8.69. The van der Waals surface area contributed by atoms with Gasteiger partial charge in [0.25, 0.3) is 0 Å². The van der Waals surface area contributed by atoms with E-state index in [2.05, 4.69) is 76.9 Å². The molecule has 1 fully saturated rings. The second-order valence-corrected chi connectivity index (χ2v) is 8.08. The van der Waals surface area contributed by atoms with Crippen LogP contribution in [-0.4, -0.2) is 50.9 Å². The Kier molecular flexibility index (Phi) is 7.08. The molecule has 1 N–H and O–H groups in total. The molecule has 1 unspecified atom stereocenters. The van der Waals surface area contributed by atoms with Crippen molar-refractivity contribution in [2.45, 2.75) is 53.1 Å². The molecule has 1 aromatic heterocycles. The first-order valence-electron chi connectivity index (χ1n) is 10.4. The van der Waals surface area contributed by atoms with E-state index in [4.69, 9.17) is 12.2 Å². The molecule has 1 atom stereocenters. The molecule has 3 rings (SSSR count). The minimum absolute atomic E-state index is 0.599. The Labute approximate surface area is 174 Å². The van der Waals surface area contributed by atoms with E-state index in [0.29, 0.717) is 5.92 Å². The Morgan fingerprint density at radius 3 is 2.39 bits per heavy atom. The van der Waals surface area contributed by atoms with Crippen molar-refractivity contribution in [3.05, 3.63) is 47.3 Å². The molecule has 1 saturated heterocycles. The van der Waals surface area contributed by atoms with E-state index in [0.717, 1.165) is 56.5 Å². The van der Waals surface area contributed by atoms with Crippen LogP contribution in [0.4, 0.5) is 5.69 Å². The first kappa shape index (κ1) is 20.8. The minimum atomic E-state index is 0.599. The van der Waals surface area contributed by atoms with Crippen LogP contribution in [-0.2, 0) is 13.1 Å². The van der Waals surface area contributed by atoms with E-state index in [1.165, 1.54) is 16.8 Å². The predicted octanol–water partition coefficient (Wildman–Crippen LogP) is 4.24. The molecule has 152 valence electrons. The van der Waals surface area contributed by atoms with E-state index < -0.39 is 0 Å². The maximum Gasteiger partial charge on any atom is 0.173 e. The Balaban J connectivity index is 1.49. The van der Waals surface area contributed by atoms with Gasteiger partial charge >= 0.3 is 0 Å². The summed E-state index contributed by atoms with van der Waals surface area (Å²) in [4.78, 5) is 4.76. The van der Waals surface area contributed by atoms with E-state index >= 15 is 0 Å². The van der Waals surface area contributed by atoms with Crippen LogP contribution < -0.4 is 5.32 Å². The zero-order valence-corrected chi connectivity index (χ0v) is 18.4. The Morgan fingerprint density at radius 1 is 1.14 bits per heavy atom. The van der Waals surface area contributed by atoms with Gasteiger partial charge in [0.05, 0.1) is 6.20 Å². The van der Waals surface area contributed by atoms with Crippen molar-refractivity contribution in [2.75, 3.05) is 31.5 Å². The van der Waals surface area contributed by atoms with Gasteiger partial charge in [0.15, 0.2) is 5.11 Å². The van der Waals surface area contributed by atoms with Crippen molar-refractivity contribution in [3.63, 3.8) is 0 Å². The van der Waals surface area contributed by atoms with E-state index in [1.54, 1.807) is 0 Å². The molecule has 0 saturated carbocycles. The summed E-state index contributed by atoms with van der Waals surface area (Å²) >= 11 is 5.65. The number of thiocarbonyl (C=S) groups is 1. The maximum atomic E-state index is 5.65. The number of piperazine rings is 1. The zero-order chi connectivity index (χ0) is 20.1. The molecule has 2 aromatic rings. The second kappa shape index (κ2) is 9.52. The summed E-state index contributed by atoms with van der Waals surface area (Å²) in [6, 6.07) is 8.68. The smallest absolute Gasteiger partial charge is 0.173 e. The van der Waals surface area contributed by atoms with Crippen LogP contribution in [0.1, 0.15) is 49.9 Å². The fourth-order valence-corrected chi connectivity index (χ4v) is 3.94. The largest absolute Gasteiger partial charge is 0.346 e. The maximum absolute atomic E-state index is 5.65. The summed E-state index contributed by atoms with van der Waals surface area (Å²) in [5.74, 6) is 0.599. The number of anilines is 1. The lowest BCUT2D eigenvalue weighted by Crippen LogP contribution is -2.49. The minimum Gasteiger partial charge on any atom is -0.346 e. The average Bonchev–Trinajstić information content (AvgIpc) is 3.08. The molecule has 0 aliphatic carbocycles. The number of rotatable bonds is 6. The quantitative estimate of drug-likeness (QED) is 0.735. The van der Waals surface area contributed by atoms with Gasteiger partial charge in [-0.25, -0.2) is 0 Å². The van der Waals surface area contributed by atoms with Gasteiger partial charge in [0.1, 0.15) is 0 Å². The molecular formula is C22H33N5S. The van der Waals surface area contributed by atoms with Gasteiger partial charge in [-0.3, -0.25) is 9.58 Å². The van der Waals surface area contributed by atoms with Crippen molar-refractivity contribution in [1.82, 2.24) is 19.6 Å². The highest BCUT2D eigenvalue weighted by Crippen LogP contribution is 2.21. The van der Waals surface area contributed by atoms with E-state index in [9.17, 15) is 0 Å². The second-order valence-electron chi connectivity index (χ2n) is 7.70. The molecule has 28 heavy (non-hydrogen) atoms. The molecule has 1 aliphatic heterocycles. The number of aryl methyl sites for hydroxylation is 1. The topological polar surface area (TPSA) is 36.3 Å². The van der Waals surface area contributed by atoms with Gasteiger partial charge in [0.2, 0.25) is 0 Å². The van der Waals surface area contributed by atoms with Crippen LogP contribution in [0.5, 0.6) is 0 Å². The number of hydrogen-bond acceptors (Lipinski definition) is 3. The van der Waals surface area contributed by atoms with Crippen LogP contribution in [0.25, 0.3) is 0 Å². The average molecular weight is 400 g/mol. The fourth-order valence-electron chi connectivity index (χ4n) is 3.64. The van der Waals surface area contributed by atoms with Crippen molar-refractivity contribution >= 4 is 23.0 Å². The molecule has 0 radical (unpaired) electrons. The van der Waals surface area contributed by atoms with Crippen molar-refractivity contribution < 1.29 is 0 Å². The van der Waals surface area contributed by atoms with Crippen LogP contribution in [0.15, 0.2) is 30.5 Å². The highest BCUT2D eigenvalue weighted by Gasteiger charge is 2.20. The molecule has 2 heterocycles. The van der Waals surface area contributed by atoms with Crippen LogP contribution in [0.2, 0.25) is 0 Å². The summed E-state index contributed by atoms with van der Waals surface area (Å²) in [7, 11) is 0. The van der Waals surface area contributed by atoms with E-state index in [1.807, 2.05) is 6.20 Å². The highest BCUT2D eigenvalue weighted by atomic mass is 32.1. The van der Waals surface area contributed by atoms with Crippen LogP contribution >= 0.6 is 12.2 Å². The van der Waals surface area contributed by atoms with Crippen LogP contribution in [0.3, 0.4) is 0 Å². The Morgan fingerprint density at radius 2 is 1.82 bits per heavy atom. The summed E-state index contributed by atoms with van der Waals surface area (Å²) in [6.07, 6.45) is 3.18. The lowest BCUT2D eigenvalue weighted by atomic mass is 9.99. The van der Waals surface area contributed by atoms with Gasteiger partial charge in [-0.1, -0.05) is 26.0 Å². The zero-order valence-electron chi connectivity index (χ0n) is 17.6. The molecular weight excluding hydrogens is 366 g/mol. The monoisotopic (exact) mass is 399 g/mol. The SMILES string of the molecule is CCC(C)c1ccc(NC(=S)N2CCN(Cc3cnn(CC)c3C)CC2)cc1. The molecule has 0 spiro atoms. The number of hydrogen-bond donors (Lipinski definition) is 1. The number of nitrogens with zero attached hydrogens (tertiary/aromatic N) is 4. The summed E-state index contributed by atoms with van der Waals surface area (Å²) in [6.45, 7) is 14.6. The van der Waals surface area contributed by atoms with E-state index in [-0.39, 0.29) is 0 Å². The lowest BCUT2D eigenvalue weighted by Gasteiger charge is -2.36. The van der Waals surface area contributed by atoms with Crippen molar-refractivity contribution in [3.8, 4) is 0 Å². The standard InChI is InChI=1S/C22H33N5S/c1-5-17(3)19-7-9-21(10-8-19)24-22(28)26-13-11-25(12-14-26)16-20-15-23-27(6-2)18(20)4/h7-10,15,17H,5-6,11-14,16H2,1-4H3,(H,24,28). The Bertz CT molecular complexity index is 775. The Hall–Kier alpha value is -1.92. The first-order chi connectivity index (χ1) is 13.5. The number of aromatic nitrogens is 2.